The number of ether oxygens (including phenoxy) is 1. The van der Waals surface area contributed by atoms with E-state index >= 15 is 0 Å². The SMILES string of the molecule is C=C1[C@H](CO)[C@@H](OCP(C)(=O)OCC)C[C@@H]1n1cnc2c(=O)[nH]c(N)nc21. The third kappa shape index (κ3) is 3.84. The molecule has 1 aliphatic rings. The lowest BCUT2D eigenvalue weighted by Gasteiger charge is -2.21. The van der Waals surface area contributed by atoms with Gasteiger partial charge in [0.05, 0.1) is 31.7 Å². The van der Waals surface area contributed by atoms with E-state index in [0.717, 1.165) is 5.57 Å². The molecule has 0 aliphatic heterocycles. The fraction of sp³-hybridized carbons (Fsp3) is 0.562. The molecule has 0 amide bonds. The summed E-state index contributed by atoms with van der Waals surface area (Å²) in [6.07, 6.45) is 1.54. The molecule has 0 spiro atoms. The molecule has 2 aromatic rings. The highest BCUT2D eigenvalue weighted by atomic mass is 31.2. The Morgan fingerprint density at radius 3 is 2.96 bits per heavy atom. The molecule has 1 fully saturated rings. The maximum atomic E-state index is 12.3. The van der Waals surface area contributed by atoms with Crippen LogP contribution in [0.25, 0.3) is 11.2 Å². The summed E-state index contributed by atoms with van der Waals surface area (Å²) in [5.41, 5.74) is 6.48. The average molecular weight is 397 g/mol. The van der Waals surface area contributed by atoms with Crippen molar-refractivity contribution in [3.05, 3.63) is 28.8 Å². The van der Waals surface area contributed by atoms with Crippen molar-refractivity contribution >= 4 is 24.5 Å². The number of aliphatic hydroxyl groups excluding tert-OH is 1. The van der Waals surface area contributed by atoms with Crippen LogP contribution in [0.2, 0.25) is 0 Å². The van der Waals surface area contributed by atoms with E-state index in [2.05, 4.69) is 21.5 Å². The van der Waals surface area contributed by atoms with Gasteiger partial charge in [0.1, 0.15) is 6.35 Å². The molecule has 11 heteroatoms. The maximum absolute atomic E-state index is 12.3. The van der Waals surface area contributed by atoms with E-state index in [0.29, 0.717) is 18.7 Å². The minimum Gasteiger partial charge on any atom is -0.396 e. The molecule has 148 valence electrons. The van der Waals surface area contributed by atoms with Gasteiger partial charge in [-0.3, -0.25) is 14.3 Å². The number of aromatic amines is 1. The van der Waals surface area contributed by atoms with Crippen molar-refractivity contribution in [1.82, 2.24) is 19.5 Å². The lowest BCUT2D eigenvalue weighted by atomic mass is 10.0. The predicted molar refractivity (Wildman–Crippen MR) is 101 cm³/mol. The Kier molecular flexibility index (Phi) is 5.53. The van der Waals surface area contributed by atoms with Gasteiger partial charge < -0.3 is 24.7 Å². The standard InChI is InChI=1S/C16H24N5O5P/c1-4-26-27(3,24)8-25-12-5-11(9(2)10(12)6-22)21-7-18-13-14(21)19-16(17)20-15(13)23/h7,10-12,22H,2,4-6,8H2,1,3H3,(H3,17,19,20,23)/t10-,11-,12-,27?/m0/s1. The van der Waals surface area contributed by atoms with E-state index in [-0.39, 0.29) is 36.4 Å². The highest BCUT2D eigenvalue weighted by Crippen LogP contribution is 2.46. The molecule has 4 atom stereocenters. The molecule has 2 heterocycles. The van der Waals surface area contributed by atoms with Crippen LogP contribution in [0.3, 0.4) is 0 Å². The van der Waals surface area contributed by atoms with Gasteiger partial charge in [-0.05, 0) is 18.9 Å². The van der Waals surface area contributed by atoms with Crippen LogP contribution in [0.15, 0.2) is 23.3 Å². The van der Waals surface area contributed by atoms with Crippen molar-refractivity contribution in [2.75, 3.05) is 32.0 Å². The first-order valence-corrected chi connectivity index (χ1v) is 10.9. The normalized spacial score (nSPS) is 25.1. The second kappa shape index (κ2) is 7.55. The zero-order chi connectivity index (χ0) is 19.8. The van der Waals surface area contributed by atoms with Crippen LogP contribution in [0.5, 0.6) is 0 Å². The Balaban J connectivity index is 1.87. The van der Waals surface area contributed by atoms with Gasteiger partial charge in [-0.25, -0.2) is 4.98 Å². The summed E-state index contributed by atoms with van der Waals surface area (Å²) in [7, 11) is -2.86. The number of hydrogen-bond acceptors (Lipinski definition) is 8. The van der Waals surface area contributed by atoms with Crippen molar-refractivity contribution < 1.29 is 18.9 Å². The zero-order valence-corrected chi connectivity index (χ0v) is 16.2. The number of fused-ring (bicyclic) bond motifs is 1. The van der Waals surface area contributed by atoms with Gasteiger partial charge in [0.15, 0.2) is 11.2 Å². The first-order chi connectivity index (χ1) is 12.8. The molecule has 1 unspecified atom stereocenters. The van der Waals surface area contributed by atoms with Gasteiger partial charge in [0.25, 0.3) is 5.56 Å². The lowest BCUT2D eigenvalue weighted by Crippen LogP contribution is -2.22. The van der Waals surface area contributed by atoms with E-state index in [1.54, 1.807) is 11.5 Å². The third-order valence-electron chi connectivity index (χ3n) is 4.72. The number of nitrogen functional groups attached to an aromatic ring is 1. The molecule has 4 N–H and O–H groups in total. The minimum atomic E-state index is -2.86. The summed E-state index contributed by atoms with van der Waals surface area (Å²) in [5.74, 6) is -0.346. The summed E-state index contributed by atoms with van der Waals surface area (Å²) < 4.78 is 25.1. The van der Waals surface area contributed by atoms with Gasteiger partial charge in [-0.2, -0.15) is 4.98 Å². The molecular formula is C16H24N5O5P. The van der Waals surface area contributed by atoms with Crippen LogP contribution in [-0.2, 0) is 13.8 Å². The van der Waals surface area contributed by atoms with Crippen LogP contribution in [0.1, 0.15) is 19.4 Å². The average Bonchev–Trinajstić information content (AvgIpc) is 3.13. The number of hydrogen-bond donors (Lipinski definition) is 3. The fourth-order valence-corrected chi connectivity index (χ4v) is 4.53. The van der Waals surface area contributed by atoms with Crippen molar-refractivity contribution in [3.63, 3.8) is 0 Å². The number of nitrogens with one attached hydrogen (secondary N) is 1. The quantitative estimate of drug-likeness (QED) is 0.465. The van der Waals surface area contributed by atoms with Crippen LogP contribution in [-0.4, -0.2) is 57.0 Å². The number of aromatic nitrogens is 4. The molecular weight excluding hydrogens is 373 g/mol. The van der Waals surface area contributed by atoms with Crippen LogP contribution < -0.4 is 11.3 Å². The Bertz CT molecular complexity index is 954. The second-order valence-corrected chi connectivity index (χ2v) is 9.20. The number of H-pyrrole nitrogens is 1. The molecule has 10 nitrogen and oxygen atoms in total. The minimum absolute atomic E-state index is 0.00648. The van der Waals surface area contributed by atoms with E-state index in [4.69, 9.17) is 15.0 Å². The summed E-state index contributed by atoms with van der Waals surface area (Å²) in [6.45, 7) is 7.56. The fourth-order valence-electron chi connectivity index (χ4n) is 3.45. The number of imidazole rings is 1. The van der Waals surface area contributed by atoms with Crippen molar-refractivity contribution in [2.45, 2.75) is 25.5 Å². The highest BCUT2D eigenvalue weighted by molar-refractivity contribution is 7.57. The Labute approximate surface area is 155 Å². The van der Waals surface area contributed by atoms with E-state index in [1.165, 1.54) is 13.0 Å². The van der Waals surface area contributed by atoms with Crippen molar-refractivity contribution in [2.24, 2.45) is 5.92 Å². The van der Waals surface area contributed by atoms with Gasteiger partial charge in [-0.1, -0.05) is 6.58 Å². The number of nitrogens with zero attached hydrogens (tertiary/aromatic N) is 3. The summed E-state index contributed by atoms with van der Waals surface area (Å²) in [4.78, 5) is 22.7. The van der Waals surface area contributed by atoms with Crippen molar-refractivity contribution in [1.29, 1.82) is 0 Å². The van der Waals surface area contributed by atoms with Crippen LogP contribution >= 0.6 is 7.37 Å². The Morgan fingerprint density at radius 2 is 2.30 bits per heavy atom. The van der Waals surface area contributed by atoms with E-state index in [9.17, 15) is 14.5 Å². The smallest absolute Gasteiger partial charge is 0.280 e. The molecule has 0 radical (unpaired) electrons. The van der Waals surface area contributed by atoms with Crippen molar-refractivity contribution in [3.8, 4) is 0 Å². The molecule has 27 heavy (non-hydrogen) atoms. The number of nitrogens with two attached hydrogens (primary N) is 1. The highest BCUT2D eigenvalue weighted by Gasteiger charge is 2.40. The maximum Gasteiger partial charge on any atom is 0.280 e. The molecule has 1 saturated carbocycles. The topological polar surface area (TPSA) is 145 Å². The second-order valence-electron chi connectivity index (χ2n) is 6.66. The first-order valence-electron chi connectivity index (χ1n) is 8.62. The van der Waals surface area contributed by atoms with Gasteiger partial charge >= 0.3 is 0 Å². The summed E-state index contributed by atoms with van der Waals surface area (Å²) in [6, 6.07) is -0.283. The largest absolute Gasteiger partial charge is 0.396 e. The van der Waals surface area contributed by atoms with Crippen LogP contribution in [0, 0.1) is 5.92 Å². The Hall–Kier alpha value is -2.00. The summed E-state index contributed by atoms with van der Waals surface area (Å²) >= 11 is 0. The molecule has 0 aromatic carbocycles. The first kappa shape index (κ1) is 19.8. The number of rotatable bonds is 7. The number of aliphatic hydroxyl groups is 1. The van der Waals surface area contributed by atoms with E-state index in [1.807, 2.05) is 0 Å². The van der Waals surface area contributed by atoms with Gasteiger partial charge in [0.2, 0.25) is 13.3 Å². The summed E-state index contributed by atoms with van der Waals surface area (Å²) in [5, 5.41) is 9.80. The molecule has 1 aliphatic carbocycles. The monoisotopic (exact) mass is 397 g/mol. The van der Waals surface area contributed by atoms with Gasteiger partial charge in [0, 0.05) is 12.6 Å². The zero-order valence-electron chi connectivity index (χ0n) is 15.3. The predicted octanol–water partition coefficient (Wildman–Crippen LogP) is 1.10. The van der Waals surface area contributed by atoms with Crippen LogP contribution in [0.4, 0.5) is 5.95 Å². The molecule has 3 rings (SSSR count). The van der Waals surface area contributed by atoms with Gasteiger partial charge in [-0.15, -0.1) is 0 Å². The number of anilines is 1. The lowest BCUT2D eigenvalue weighted by molar-refractivity contribution is 0.0364. The molecule has 2 aromatic heterocycles. The van der Waals surface area contributed by atoms with E-state index < -0.39 is 19.0 Å². The molecule has 0 bridgehead atoms. The molecule has 0 saturated heterocycles. The third-order valence-corrected chi connectivity index (χ3v) is 6.14. The Morgan fingerprint density at radius 1 is 1.56 bits per heavy atom.